The quantitative estimate of drug-likeness (QED) is 0.0262. The molecule has 0 heterocycles. The molecule has 0 fully saturated rings. The third-order valence-corrected chi connectivity index (χ3v) is 12.6. The van der Waals surface area contributed by atoms with Crippen molar-refractivity contribution in [3.8, 4) is 0 Å². The molecule has 0 aliphatic rings. The van der Waals surface area contributed by atoms with Gasteiger partial charge in [-0.3, -0.25) is 14.4 Å². The standard InChI is InChI=1S/C60H108O6/c1-4-7-10-13-16-19-21-23-25-26-27-28-29-30-31-32-33-34-36-37-39-41-44-47-50-53-59(62)65-56-57(55-64-58(61)52-49-46-43-18-15-12-9-6-3)66-60(63)54-51-48-45-42-40-38-35-24-22-20-17-14-11-8-5-2/h8,11,17,20,24,26-27,35,57H,4-7,9-10,12-16,18-19,21-23,25,28-34,36-56H2,1-3H3/b11-8-,20-17-,27-26-,35-24-. The molecule has 0 aromatic heterocycles. The summed E-state index contributed by atoms with van der Waals surface area (Å²) in [6.45, 7) is 6.51. The van der Waals surface area contributed by atoms with E-state index in [4.69, 9.17) is 14.2 Å². The van der Waals surface area contributed by atoms with Crippen molar-refractivity contribution in [2.45, 2.75) is 303 Å². The van der Waals surface area contributed by atoms with Crippen molar-refractivity contribution in [1.82, 2.24) is 0 Å². The highest BCUT2D eigenvalue weighted by molar-refractivity contribution is 5.71. The second-order valence-electron chi connectivity index (χ2n) is 19.2. The minimum Gasteiger partial charge on any atom is -0.462 e. The molecule has 0 aromatic rings. The predicted octanol–water partition coefficient (Wildman–Crippen LogP) is 19.0. The van der Waals surface area contributed by atoms with Gasteiger partial charge in [-0.05, 0) is 77.0 Å². The van der Waals surface area contributed by atoms with Gasteiger partial charge in [0.05, 0.1) is 0 Å². The molecule has 66 heavy (non-hydrogen) atoms. The maximum absolute atomic E-state index is 12.8. The fourth-order valence-corrected chi connectivity index (χ4v) is 8.28. The molecule has 0 aliphatic carbocycles. The van der Waals surface area contributed by atoms with Crippen LogP contribution in [-0.4, -0.2) is 37.2 Å². The van der Waals surface area contributed by atoms with E-state index in [9.17, 15) is 14.4 Å². The Morgan fingerprint density at radius 2 is 0.591 bits per heavy atom. The smallest absolute Gasteiger partial charge is 0.306 e. The van der Waals surface area contributed by atoms with Gasteiger partial charge in [-0.1, -0.05) is 249 Å². The minimum absolute atomic E-state index is 0.0778. The second kappa shape index (κ2) is 55.0. The van der Waals surface area contributed by atoms with Crippen molar-refractivity contribution in [2.75, 3.05) is 13.2 Å². The molecule has 0 saturated carbocycles. The van der Waals surface area contributed by atoms with Gasteiger partial charge in [0.1, 0.15) is 13.2 Å². The zero-order valence-electron chi connectivity index (χ0n) is 44.0. The van der Waals surface area contributed by atoms with Crippen LogP contribution in [0.3, 0.4) is 0 Å². The Kier molecular flexibility index (Phi) is 52.8. The highest BCUT2D eigenvalue weighted by Gasteiger charge is 2.19. The van der Waals surface area contributed by atoms with Gasteiger partial charge in [-0.15, -0.1) is 0 Å². The van der Waals surface area contributed by atoms with Crippen LogP contribution in [0.5, 0.6) is 0 Å². The Balaban J connectivity index is 4.15. The van der Waals surface area contributed by atoms with Gasteiger partial charge in [-0.2, -0.15) is 0 Å². The molecule has 0 bridgehead atoms. The summed E-state index contributed by atoms with van der Waals surface area (Å²) in [7, 11) is 0. The first-order valence-corrected chi connectivity index (χ1v) is 28.6. The number of rotatable bonds is 52. The van der Waals surface area contributed by atoms with Gasteiger partial charge in [0.25, 0.3) is 0 Å². The SMILES string of the molecule is CC/C=C\C/C=C\C/C=C\CCCCCCCC(=O)OC(COC(=O)CCCCCCCCCC)COC(=O)CCCCCCCCCCCCCCC/C=C\CCCCCCCCCC. The van der Waals surface area contributed by atoms with E-state index in [1.807, 2.05) is 0 Å². The Morgan fingerprint density at radius 3 is 0.939 bits per heavy atom. The highest BCUT2D eigenvalue weighted by atomic mass is 16.6. The first-order valence-electron chi connectivity index (χ1n) is 28.6. The first kappa shape index (κ1) is 63.4. The van der Waals surface area contributed by atoms with E-state index in [2.05, 4.69) is 69.4 Å². The van der Waals surface area contributed by atoms with E-state index in [1.165, 1.54) is 161 Å². The average Bonchev–Trinajstić information content (AvgIpc) is 3.31. The number of ether oxygens (including phenoxy) is 3. The summed E-state index contributed by atoms with van der Waals surface area (Å²) in [6, 6.07) is 0. The van der Waals surface area contributed by atoms with E-state index < -0.39 is 6.10 Å². The molecule has 0 rings (SSSR count). The minimum atomic E-state index is -0.778. The lowest BCUT2D eigenvalue weighted by molar-refractivity contribution is -0.167. The number of carbonyl (C=O) groups excluding carboxylic acids is 3. The highest BCUT2D eigenvalue weighted by Crippen LogP contribution is 2.16. The second-order valence-corrected chi connectivity index (χ2v) is 19.2. The number of hydrogen-bond donors (Lipinski definition) is 0. The molecule has 0 radical (unpaired) electrons. The van der Waals surface area contributed by atoms with Gasteiger partial charge < -0.3 is 14.2 Å². The van der Waals surface area contributed by atoms with Gasteiger partial charge in [0, 0.05) is 19.3 Å². The Morgan fingerprint density at radius 1 is 0.318 bits per heavy atom. The predicted molar refractivity (Wildman–Crippen MR) is 284 cm³/mol. The summed E-state index contributed by atoms with van der Waals surface area (Å²) in [5.74, 6) is -0.889. The van der Waals surface area contributed by atoms with E-state index >= 15 is 0 Å². The molecule has 0 aromatic carbocycles. The third kappa shape index (κ3) is 52.3. The molecule has 384 valence electrons. The average molecular weight is 926 g/mol. The molecule has 6 nitrogen and oxygen atoms in total. The Hall–Kier alpha value is -2.63. The molecule has 0 saturated heterocycles. The number of esters is 3. The lowest BCUT2D eigenvalue weighted by Gasteiger charge is -2.18. The lowest BCUT2D eigenvalue weighted by Crippen LogP contribution is -2.30. The number of unbranched alkanes of at least 4 members (excludes halogenated alkanes) is 33. The maximum Gasteiger partial charge on any atom is 0.306 e. The van der Waals surface area contributed by atoms with Gasteiger partial charge >= 0.3 is 17.9 Å². The Bertz CT molecular complexity index is 1150. The van der Waals surface area contributed by atoms with Crippen molar-refractivity contribution in [2.24, 2.45) is 0 Å². The summed E-state index contributed by atoms with van der Waals surface area (Å²) < 4.78 is 16.8. The summed E-state index contributed by atoms with van der Waals surface area (Å²) in [4.78, 5) is 37.9. The van der Waals surface area contributed by atoms with E-state index in [-0.39, 0.29) is 31.1 Å². The van der Waals surface area contributed by atoms with Crippen molar-refractivity contribution in [3.05, 3.63) is 48.6 Å². The molecule has 0 amide bonds. The van der Waals surface area contributed by atoms with Crippen molar-refractivity contribution in [1.29, 1.82) is 0 Å². The van der Waals surface area contributed by atoms with Gasteiger partial charge in [0.2, 0.25) is 0 Å². The van der Waals surface area contributed by atoms with Gasteiger partial charge in [0.15, 0.2) is 6.10 Å². The summed E-state index contributed by atoms with van der Waals surface area (Å²) in [6.07, 6.45) is 67.0. The zero-order valence-corrected chi connectivity index (χ0v) is 44.0. The van der Waals surface area contributed by atoms with E-state index in [1.54, 1.807) is 0 Å². The van der Waals surface area contributed by atoms with Crippen LogP contribution in [0.4, 0.5) is 0 Å². The molecule has 1 atom stereocenters. The van der Waals surface area contributed by atoms with Crippen LogP contribution in [0, 0.1) is 0 Å². The van der Waals surface area contributed by atoms with Crippen LogP contribution < -0.4 is 0 Å². The largest absolute Gasteiger partial charge is 0.462 e. The van der Waals surface area contributed by atoms with Crippen LogP contribution in [0.2, 0.25) is 0 Å². The van der Waals surface area contributed by atoms with Crippen molar-refractivity contribution in [3.63, 3.8) is 0 Å². The summed E-state index contributed by atoms with van der Waals surface area (Å²) >= 11 is 0. The van der Waals surface area contributed by atoms with Crippen LogP contribution in [0.1, 0.15) is 297 Å². The number of hydrogen-bond acceptors (Lipinski definition) is 6. The van der Waals surface area contributed by atoms with Crippen LogP contribution in [0.15, 0.2) is 48.6 Å². The molecule has 0 spiro atoms. The lowest BCUT2D eigenvalue weighted by atomic mass is 10.0. The molecule has 1 unspecified atom stereocenters. The molecular weight excluding hydrogens is 817 g/mol. The molecule has 6 heteroatoms. The third-order valence-electron chi connectivity index (χ3n) is 12.6. The molecule has 0 N–H and O–H groups in total. The normalized spacial score (nSPS) is 12.3. The van der Waals surface area contributed by atoms with Crippen molar-refractivity contribution < 1.29 is 28.6 Å². The summed E-state index contributed by atoms with van der Waals surface area (Å²) in [5.41, 5.74) is 0. The fourth-order valence-electron chi connectivity index (χ4n) is 8.28. The van der Waals surface area contributed by atoms with Gasteiger partial charge in [-0.25, -0.2) is 0 Å². The van der Waals surface area contributed by atoms with Crippen LogP contribution >= 0.6 is 0 Å². The van der Waals surface area contributed by atoms with Crippen molar-refractivity contribution >= 4 is 17.9 Å². The first-order chi connectivity index (χ1) is 32.5. The monoisotopic (exact) mass is 925 g/mol. The van der Waals surface area contributed by atoms with Crippen LogP contribution in [-0.2, 0) is 28.6 Å². The summed E-state index contributed by atoms with van der Waals surface area (Å²) in [5, 5.41) is 0. The zero-order chi connectivity index (χ0) is 47.9. The van der Waals surface area contributed by atoms with E-state index in [0.717, 1.165) is 96.3 Å². The molecule has 0 aliphatic heterocycles. The van der Waals surface area contributed by atoms with E-state index in [0.29, 0.717) is 19.3 Å². The Labute approximate surface area is 409 Å². The number of allylic oxidation sites excluding steroid dienone is 8. The fraction of sp³-hybridized carbons (Fsp3) is 0.817. The van der Waals surface area contributed by atoms with Crippen LogP contribution in [0.25, 0.3) is 0 Å². The number of carbonyl (C=O) groups is 3. The topological polar surface area (TPSA) is 78.9 Å². The maximum atomic E-state index is 12.8. The molecular formula is C60H108O6.